The van der Waals surface area contributed by atoms with E-state index in [0.29, 0.717) is 0 Å². The zero-order valence-corrected chi connectivity index (χ0v) is 16.7. The molecule has 0 bridgehead atoms. The van der Waals surface area contributed by atoms with Crippen molar-refractivity contribution in [2.24, 2.45) is 0 Å². The quantitative estimate of drug-likeness (QED) is 0.772. The molecule has 1 unspecified atom stereocenters. The fourth-order valence-corrected chi connectivity index (χ4v) is 4.11. The first-order valence-electron chi connectivity index (χ1n) is 9.22. The second-order valence-electron chi connectivity index (χ2n) is 7.01. The summed E-state index contributed by atoms with van der Waals surface area (Å²) in [5, 5.41) is 0. The van der Waals surface area contributed by atoms with E-state index in [-0.39, 0.29) is 6.04 Å². The molecular weight excluding hydrogens is 354 g/mol. The van der Waals surface area contributed by atoms with Crippen molar-refractivity contribution in [3.8, 4) is 23.0 Å². The zero-order valence-electron chi connectivity index (χ0n) is 16.7. The molecule has 2 heterocycles. The van der Waals surface area contributed by atoms with E-state index >= 15 is 0 Å². The van der Waals surface area contributed by atoms with Crippen LogP contribution in [0.5, 0.6) is 23.0 Å². The molecule has 2 aliphatic rings. The maximum absolute atomic E-state index is 5.54. The average molecular weight is 379 g/mol. The number of hydrogen-bond acceptors (Lipinski definition) is 5. The lowest BCUT2D eigenvalue weighted by Gasteiger charge is -2.34. The Hall–Kier alpha value is -3.08. The highest BCUT2D eigenvalue weighted by atomic mass is 16.5. The van der Waals surface area contributed by atoms with Crippen molar-refractivity contribution in [3.05, 3.63) is 59.3 Å². The Balaban J connectivity index is 1.79. The van der Waals surface area contributed by atoms with Crippen LogP contribution in [0.4, 0.5) is 0 Å². The molecular formula is C23H25NO4. The number of hydrogen-bond donors (Lipinski definition) is 0. The fraction of sp³-hybridized carbons (Fsp3) is 0.304. The Labute approximate surface area is 165 Å². The lowest BCUT2D eigenvalue weighted by Crippen LogP contribution is -2.25. The van der Waals surface area contributed by atoms with Gasteiger partial charge in [-0.1, -0.05) is 6.58 Å². The van der Waals surface area contributed by atoms with Crippen LogP contribution < -0.4 is 18.9 Å². The number of methoxy groups -OCH3 is 4. The molecule has 2 aromatic rings. The van der Waals surface area contributed by atoms with E-state index in [4.69, 9.17) is 18.9 Å². The van der Waals surface area contributed by atoms with Crippen LogP contribution >= 0.6 is 0 Å². The summed E-state index contributed by atoms with van der Waals surface area (Å²) in [6, 6.07) is 8.39. The first-order valence-corrected chi connectivity index (χ1v) is 9.22. The molecule has 5 heteroatoms. The molecule has 1 atom stereocenters. The summed E-state index contributed by atoms with van der Waals surface area (Å²) >= 11 is 0. The molecule has 0 amide bonds. The van der Waals surface area contributed by atoms with Gasteiger partial charge in [-0.05, 0) is 64.6 Å². The minimum absolute atomic E-state index is 0.177. The lowest BCUT2D eigenvalue weighted by molar-refractivity contribution is 0.275. The monoisotopic (exact) mass is 379 g/mol. The smallest absolute Gasteiger partial charge is 0.161 e. The highest BCUT2D eigenvalue weighted by molar-refractivity contribution is 5.73. The zero-order chi connectivity index (χ0) is 19.8. The van der Waals surface area contributed by atoms with Crippen molar-refractivity contribution >= 4 is 11.6 Å². The molecule has 0 aliphatic carbocycles. The maximum Gasteiger partial charge on any atom is 0.161 e. The molecule has 0 spiro atoms. The van der Waals surface area contributed by atoms with E-state index in [1.165, 1.54) is 11.1 Å². The highest BCUT2D eigenvalue weighted by Crippen LogP contribution is 2.46. The Morgan fingerprint density at radius 2 is 1.46 bits per heavy atom. The molecule has 0 aromatic heterocycles. The van der Waals surface area contributed by atoms with Crippen LogP contribution in [0.25, 0.3) is 11.6 Å². The molecule has 4 rings (SSSR count). The third kappa shape index (κ3) is 2.87. The molecule has 28 heavy (non-hydrogen) atoms. The van der Waals surface area contributed by atoms with E-state index < -0.39 is 0 Å². The Kier molecular flexibility index (Phi) is 4.67. The molecule has 2 aromatic carbocycles. The second kappa shape index (κ2) is 7.15. The van der Waals surface area contributed by atoms with Gasteiger partial charge in [-0.2, -0.15) is 0 Å². The number of rotatable bonds is 4. The normalized spacial score (nSPS) is 17.2. The predicted molar refractivity (Wildman–Crippen MR) is 110 cm³/mol. The van der Waals surface area contributed by atoms with Crippen LogP contribution in [0, 0.1) is 0 Å². The molecule has 0 saturated heterocycles. The molecule has 0 saturated carbocycles. The van der Waals surface area contributed by atoms with Crippen LogP contribution in [-0.2, 0) is 6.54 Å². The van der Waals surface area contributed by atoms with Crippen LogP contribution in [0.15, 0.2) is 37.0 Å². The summed E-state index contributed by atoms with van der Waals surface area (Å²) in [5.41, 5.74) is 5.75. The van der Waals surface area contributed by atoms with Crippen molar-refractivity contribution in [1.29, 1.82) is 0 Å². The SMILES string of the molecule is C=C1CC2c3cc(OC)c(OC)cc3C=CN2Cc2cc(OC)c(OC)cc21. The average Bonchev–Trinajstić information content (AvgIpc) is 2.87. The number of benzene rings is 2. The van der Waals surface area contributed by atoms with Gasteiger partial charge in [-0.25, -0.2) is 0 Å². The molecule has 5 nitrogen and oxygen atoms in total. The van der Waals surface area contributed by atoms with Crippen molar-refractivity contribution in [3.63, 3.8) is 0 Å². The Morgan fingerprint density at radius 1 is 0.857 bits per heavy atom. The minimum Gasteiger partial charge on any atom is -0.493 e. The first-order chi connectivity index (χ1) is 13.6. The lowest BCUT2D eigenvalue weighted by atomic mass is 9.90. The summed E-state index contributed by atoms with van der Waals surface area (Å²) in [6.07, 6.45) is 5.09. The molecule has 2 aliphatic heterocycles. The van der Waals surface area contributed by atoms with E-state index in [1.807, 2.05) is 12.1 Å². The van der Waals surface area contributed by atoms with Gasteiger partial charge in [0.15, 0.2) is 23.0 Å². The standard InChI is InChI=1S/C23H25NO4/c1-14-8-19-18-12-23(28-5)20(25-2)9-15(18)6-7-24(19)13-16-10-21(26-3)22(27-4)11-17(14)16/h6-7,9-12,19H,1,8,13H2,2-5H3. The second-order valence-corrected chi connectivity index (χ2v) is 7.01. The number of ether oxygens (including phenoxy) is 4. The summed E-state index contributed by atoms with van der Waals surface area (Å²) < 4.78 is 22.0. The maximum atomic E-state index is 5.54. The van der Waals surface area contributed by atoms with Gasteiger partial charge in [0.05, 0.1) is 34.5 Å². The Morgan fingerprint density at radius 3 is 2.14 bits per heavy atom. The van der Waals surface area contributed by atoms with Crippen molar-refractivity contribution < 1.29 is 18.9 Å². The third-order valence-electron chi connectivity index (χ3n) is 5.58. The Bertz CT molecular complexity index is 964. The van der Waals surface area contributed by atoms with Crippen LogP contribution in [0.1, 0.15) is 34.7 Å². The summed E-state index contributed by atoms with van der Waals surface area (Å²) in [4.78, 5) is 2.34. The van der Waals surface area contributed by atoms with Gasteiger partial charge in [0, 0.05) is 12.7 Å². The van der Waals surface area contributed by atoms with Crippen molar-refractivity contribution in [2.45, 2.75) is 19.0 Å². The van der Waals surface area contributed by atoms with Gasteiger partial charge in [0.2, 0.25) is 0 Å². The van der Waals surface area contributed by atoms with Gasteiger partial charge in [0.1, 0.15) is 0 Å². The van der Waals surface area contributed by atoms with Gasteiger partial charge in [0.25, 0.3) is 0 Å². The van der Waals surface area contributed by atoms with Crippen LogP contribution in [0.3, 0.4) is 0 Å². The van der Waals surface area contributed by atoms with Gasteiger partial charge < -0.3 is 23.8 Å². The van der Waals surface area contributed by atoms with E-state index in [1.54, 1.807) is 28.4 Å². The molecule has 0 N–H and O–H groups in total. The third-order valence-corrected chi connectivity index (χ3v) is 5.58. The predicted octanol–water partition coefficient (Wildman–Crippen LogP) is 4.67. The summed E-state index contributed by atoms with van der Waals surface area (Å²) in [7, 11) is 6.65. The minimum atomic E-state index is 0.177. The molecule has 146 valence electrons. The summed E-state index contributed by atoms with van der Waals surface area (Å²) in [5.74, 6) is 2.95. The molecule has 0 fully saturated rings. The van der Waals surface area contributed by atoms with Crippen molar-refractivity contribution in [1.82, 2.24) is 4.90 Å². The summed E-state index contributed by atoms with van der Waals surface area (Å²) in [6.45, 7) is 5.15. The molecule has 0 radical (unpaired) electrons. The van der Waals surface area contributed by atoms with Gasteiger partial charge in [-0.15, -0.1) is 0 Å². The largest absolute Gasteiger partial charge is 0.493 e. The highest BCUT2D eigenvalue weighted by Gasteiger charge is 2.30. The van der Waals surface area contributed by atoms with Crippen LogP contribution in [-0.4, -0.2) is 33.3 Å². The fourth-order valence-electron chi connectivity index (χ4n) is 4.11. The number of nitrogens with zero attached hydrogens (tertiary/aromatic N) is 1. The van der Waals surface area contributed by atoms with E-state index in [9.17, 15) is 0 Å². The van der Waals surface area contributed by atoms with E-state index in [0.717, 1.165) is 52.7 Å². The first kappa shape index (κ1) is 18.3. The van der Waals surface area contributed by atoms with Gasteiger partial charge >= 0.3 is 0 Å². The van der Waals surface area contributed by atoms with E-state index in [2.05, 4.69) is 35.9 Å². The van der Waals surface area contributed by atoms with Crippen molar-refractivity contribution in [2.75, 3.05) is 28.4 Å². The topological polar surface area (TPSA) is 40.2 Å². The van der Waals surface area contributed by atoms with Gasteiger partial charge in [-0.3, -0.25) is 0 Å². The number of fused-ring (bicyclic) bond motifs is 4. The van der Waals surface area contributed by atoms with Crippen LogP contribution in [0.2, 0.25) is 0 Å².